The van der Waals surface area contributed by atoms with Crippen molar-refractivity contribution < 1.29 is 4.39 Å². The molecule has 0 fully saturated rings. The van der Waals surface area contributed by atoms with Crippen molar-refractivity contribution in [1.82, 2.24) is 5.32 Å². The first-order valence-corrected chi connectivity index (χ1v) is 6.60. The van der Waals surface area contributed by atoms with Gasteiger partial charge in [0.25, 0.3) is 0 Å². The van der Waals surface area contributed by atoms with Crippen molar-refractivity contribution in [3.05, 3.63) is 69.4 Å². The first kappa shape index (κ1) is 13.2. The molecule has 0 saturated carbocycles. The van der Waals surface area contributed by atoms with Crippen LogP contribution in [0.25, 0.3) is 0 Å². The molecule has 0 saturated heterocycles. The largest absolute Gasteiger partial charge is 0.309 e. The van der Waals surface area contributed by atoms with Gasteiger partial charge in [0, 0.05) is 0 Å². The maximum absolute atomic E-state index is 13.6. The zero-order valence-electron chi connectivity index (χ0n) is 10.4. The number of nitrogens with one attached hydrogen (secondary N) is 1. The van der Waals surface area contributed by atoms with E-state index in [0.29, 0.717) is 4.47 Å². The summed E-state index contributed by atoms with van der Waals surface area (Å²) in [6.07, 6.45) is 0. The van der Waals surface area contributed by atoms with E-state index in [-0.39, 0.29) is 11.9 Å². The molecule has 2 aromatic carbocycles. The Hall–Kier alpha value is -1.19. The lowest BCUT2D eigenvalue weighted by atomic mass is 9.95. The van der Waals surface area contributed by atoms with Crippen LogP contribution in [0.5, 0.6) is 0 Å². The summed E-state index contributed by atoms with van der Waals surface area (Å²) in [4.78, 5) is 0. The molecular weight excluding hydrogens is 293 g/mol. The van der Waals surface area contributed by atoms with Gasteiger partial charge >= 0.3 is 0 Å². The van der Waals surface area contributed by atoms with Crippen LogP contribution >= 0.6 is 15.9 Å². The third-order valence-electron chi connectivity index (χ3n) is 3.07. The predicted octanol–water partition coefficient (Wildman–Crippen LogP) is 4.21. The molecule has 1 nitrogen and oxygen atoms in total. The van der Waals surface area contributed by atoms with E-state index in [4.69, 9.17) is 0 Å². The van der Waals surface area contributed by atoms with Crippen LogP contribution in [-0.4, -0.2) is 7.05 Å². The summed E-state index contributed by atoms with van der Waals surface area (Å²) >= 11 is 3.18. The van der Waals surface area contributed by atoms with Crippen LogP contribution in [0.1, 0.15) is 22.7 Å². The number of hydrogen-bond acceptors (Lipinski definition) is 1. The topological polar surface area (TPSA) is 12.0 Å². The second kappa shape index (κ2) is 5.63. The quantitative estimate of drug-likeness (QED) is 0.896. The lowest BCUT2D eigenvalue weighted by molar-refractivity contribution is 0.610. The number of aryl methyl sites for hydroxylation is 1. The van der Waals surface area contributed by atoms with Gasteiger partial charge in [0.2, 0.25) is 0 Å². The SMILES string of the molecule is CNC(c1ccc(Br)c(F)c1)c1ccccc1C. The molecule has 0 radical (unpaired) electrons. The molecule has 0 bridgehead atoms. The molecule has 0 aliphatic rings. The summed E-state index contributed by atoms with van der Waals surface area (Å²) in [5.41, 5.74) is 3.29. The molecule has 0 heterocycles. The van der Waals surface area contributed by atoms with Crippen molar-refractivity contribution in [1.29, 1.82) is 0 Å². The highest BCUT2D eigenvalue weighted by molar-refractivity contribution is 9.10. The van der Waals surface area contributed by atoms with E-state index in [1.165, 1.54) is 11.1 Å². The van der Waals surface area contributed by atoms with Crippen molar-refractivity contribution in [3.63, 3.8) is 0 Å². The minimum Gasteiger partial charge on any atom is -0.309 e. The maximum atomic E-state index is 13.6. The van der Waals surface area contributed by atoms with Crippen LogP contribution in [-0.2, 0) is 0 Å². The monoisotopic (exact) mass is 307 g/mol. The van der Waals surface area contributed by atoms with E-state index in [1.54, 1.807) is 12.1 Å². The molecule has 18 heavy (non-hydrogen) atoms. The Labute approximate surface area is 115 Å². The minimum absolute atomic E-state index is 0.00815. The molecule has 0 aromatic heterocycles. The van der Waals surface area contributed by atoms with Gasteiger partial charge < -0.3 is 5.32 Å². The summed E-state index contributed by atoms with van der Waals surface area (Å²) in [6, 6.07) is 13.4. The molecule has 0 aliphatic carbocycles. The Morgan fingerprint density at radius 1 is 1.17 bits per heavy atom. The fourth-order valence-corrected chi connectivity index (χ4v) is 2.35. The second-order valence-electron chi connectivity index (χ2n) is 4.25. The zero-order valence-corrected chi connectivity index (χ0v) is 12.0. The standard InChI is InChI=1S/C15H15BrFN/c1-10-5-3-4-6-12(10)15(18-2)11-7-8-13(16)14(17)9-11/h3-9,15,18H,1-2H3. The zero-order chi connectivity index (χ0) is 13.1. The average molecular weight is 308 g/mol. The smallest absolute Gasteiger partial charge is 0.137 e. The van der Waals surface area contributed by atoms with Crippen molar-refractivity contribution in [2.45, 2.75) is 13.0 Å². The molecule has 0 spiro atoms. The molecule has 0 amide bonds. The molecule has 0 aliphatic heterocycles. The van der Waals surface area contributed by atoms with Gasteiger partial charge in [0.05, 0.1) is 10.5 Å². The van der Waals surface area contributed by atoms with Crippen LogP contribution in [0.4, 0.5) is 4.39 Å². The van der Waals surface area contributed by atoms with Gasteiger partial charge in [-0.1, -0.05) is 30.3 Å². The Balaban J connectivity index is 2.45. The molecule has 94 valence electrons. The third kappa shape index (κ3) is 2.62. The van der Waals surface area contributed by atoms with Gasteiger partial charge in [-0.15, -0.1) is 0 Å². The van der Waals surface area contributed by atoms with Crippen LogP contribution in [0, 0.1) is 12.7 Å². The fourth-order valence-electron chi connectivity index (χ4n) is 2.10. The molecule has 2 rings (SSSR count). The van der Waals surface area contributed by atoms with Crippen molar-refractivity contribution in [3.8, 4) is 0 Å². The summed E-state index contributed by atoms with van der Waals surface area (Å²) < 4.78 is 14.1. The van der Waals surface area contributed by atoms with Crippen molar-refractivity contribution in [2.75, 3.05) is 7.05 Å². The van der Waals surface area contributed by atoms with E-state index in [1.807, 2.05) is 25.2 Å². The number of benzene rings is 2. The van der Waals surface area contributed by atoms with Crippen molar-refractivity contribution >= 4 is 15.9 Å². The highest BCUT2D eigenvalue weighted by Crippen LogP contribution is 2.27. The van der Waals surface area contributed by atoms with Crippen molar-refractivity contribution in [2.24, 2.45) is 0 Å². The lowest BCUT2D eigenvalue weighted by Crippen LogP contribution is -2.18. The van der Waals surface area contributed by atoms with E-state index < -0.39 is 0 Å². The van der Waals surface area contributed by atoms with Crippen LogP contribution in [0.3, 0.4) is 0 Å². The fraction of sp³-hybridized carbons (Fsp3) is 0.200. The van der Waals surface area contributed by atoms with Gasteiger partial charge in [0.1, 0.15) is 5.82 Å². The molecular formula is C15H15BrFN. The molecule has 1 atom stereocenters. The minimum atomic E-state index is -0.235. The normalized spacial score (nSPS) is 12.4. The van der Waals surface area contributed by atoms with Gasteiger partial charge in [-0.3, -0.25) is 0 Å². The first-order valence-electron chi connectivity index (χ1n) is 5.81. The summed E-state index contributed by atoms with van der Waals surface area (Å²) in [6.45, 7) is 2.06. The van der Waals surface area contributed by atoms with Crippen LogP contribution in [0.2, 0.25) is 0 Å². The number of hydrogen-bond donors (Lipinski definition) is 1. The second-order valence-corrected chi connectivity index (χ2v) is 5.11. The van der Waals surface area contributed by atoms with E-state index in [9.17, 15) is 4.39 Å². The van der Waals surface area contributed by atoms with Gasteiger partial charge in [-0.05, 0) is 58.7 Å². The summed E-state index contributed by atoms with van der Waals surface area (Å²) in [5.74, 6) is -0.235. The molecule has 1 unspecified atom stereocenters. The maximum Gasteiger partial charge on any atom is 0.137 e. The first-order chi connectivity index (χ1) is 8.63. The molecule has 1 N–H and O–H groups in total. The van der Waals surface area contributed by atoms with E-state index in [2.05, 4.69) is 40.3 Å². The Kier molecular flexibility index (Phi) is 4.15. The summed E-state index contributed by atoms with van der Waals surface area (Å²) in [7, 11) is 1.89. The Bertz CT molecular complexity index is 554. The molecule has 3 heteroatoms. The highest BCUT2D eigenvalue weighted by atomic mass is 79.9. The average Bonchev–Trinajstić information content (AvgIpc) is 2.37. The van der Waals surface area contributed by atoms with Gasteiger partial charge in [-0.25, -0.2) is 4.39 Å². The van der Waals surface area contributed by atoms with Crippen LogP contribution < -0.4 is 5.32 Å². The number of rotatable bonds is 3. The third-order valence-corrected chi connectivity index (χ3v) is 3.71. The highest BCUT2D eigenvalue weighted by Gasteiger charge is 2.15. The lowest BCUT2D eigenvalue weighted by Gasteiger charge is -2.19. The van der Waals surface area contributed by atoms with Crippen LogP contribution in [0.15, 0.2) is 46.9 Å². The van der Waals surface area contributed by atoms with E-state index in [0.717, 1.165) is 5.56 Å². The Morgan fingerprint density at radius 3 is 2.50 bits per heavy atom. The van der Waals surface area contributed by atoms with Gasteiger partial charge in [-0.2, -0.15) is 0 Å². The van der Waals surface area contributed by atoms with Gasteiger partial charge in [0.15, 0.2) is 0 Å². The molecule has 2 aromatic rings. The number of halogens is 2. The summed E-state index contributed by atoms with van der Waals surface area (Å²) in [5, 5.41) is 3.24. The Morgan fingerprint density at radius 2 is 1.89 bits per heavy atom. The van der Waals surface area contributed by atoms with E-state index >= 15 is 0 Å². The predicted molar refractivity (Wildman–Crippen MR) is 76.2 cm³/mol.